The zero-order valence-electron chi connectivity index (χ0n) is 8.41. The number of halogens is 1. The van der Waals surface area contributed by atoms with Gasteiger partial charge in [0.15, 0.2) is 6.29 Å². The van der Waals surface area contributed by atoms with Crippen molar-refractivity contribution in [3.63, 3.8) is 0 Å². The van der Waals surface area contributed by atoms with Crippen LogP contribution in [0.2, 0.25) is 0 Å². The molecule has 1 saturated carbocycles. The van der Waals surface area contributed by atoms with Crippen LogP contribution in [0.1, 0.15) is 36.0 Å². The second-order valence-electron chi connectivity index (χ2n) is 3.79. The van der Waals surface area contributed by atoms with Crippen molar-refractivity contribution < 1.29 is 9.53 Å². The molecule has 0 saturated heterocycles. The van der Waals surface area contributed by atoms with Crippen LogP contribution in [0.4, 0.5) is 0 Å². The Kier molecular flexibility index (Phi) is 3.41. The van der Waals surface area contributed by atoms with Gasteiger partial charge >= 0.3 is 0 Å². The molecule has 15 heavy (non-hydrogen) atoms. The minimum atomic E-state index is 0.290. The normalized spacial score (nSPS) is 16.6. The van der Waals surface area contributed by atoms with Gasteiger partial charge in [-0.2, -0.15) is 0 Å². The average Bonchev–Trinajstić information content (AvgIpc) is 2.71. The lowest BCUT2D eigenvalue weighted by atomic mass is 10.2. The van der Waals surface area contributed by atoms with Crippen molar-refractivity contribution in [1.29, 1.82) is 0 Å². The first-order valence-electron chi connectivity index (χ1n) is 5.21. The van der Waals surface area contributed by atoms with E-state index >= 15 is 0 Å². The van der Waals surface area contributed by atoms with E-state index < -0.39 is 0 Å². The highest BCUT2D eigenvalue weighted by atomic mass is 79.9. The Labute approximate surface area is 97.8 Å². The van der Waals surface area contributed by atoms with Crippen LogP contribution in [0.3, 0.4) is 0 Å². The van der Waals surface area contributed by atoms with Crippen LogP contribution in [-0.4, -0.2) is 12.4 Å². The maximum atomic E-state index is 10.9. The van der Waals surface area contributed by atoms with Gasteiger partial charge in [0.25, 0.3) is 0 Å². The summed E-state index contributed by atoms with van der Waals surface area (Å²) in [6.07, 6.45) is 5.80. The van der Waals surface area contributed by atoms with Crippen LogP contribution in [0.25, 0.3) is 0 Å². The fraction of sp³-hybridized carbons (Fsp3) is 0.417. The predicted octanol–water partition coefficient (Wildman–Crippen LogP) is 3.58. The van der Waals surface area contributed by atoms with Crippen molar-refractivity contribution >= 4 is 22.2 Å². The van der Waals surface area contributed by atoms with Gasteiger partial charge in [-0.05, 0) is 53.7 Å². The summed E-state index contributed by atoms with van der Waals surface area (Å²) in [7, 11) is 0. The van der Waals surface area contributed by atoms with Gasteiger partial charge in [0.1, 0.15) is 5.75 Å². The summed E-state index contributed by atoms with van der Waals surface area (Å²) in [5.74, 6) is 0.700. The van der Waals surface area contributed by atoms with Gasteiger partial charge in [-0.25, -0.2) is 0 Å². The third-order valence-corrected chi connectivity index (χ3v) is 3.42. The van der Waals surface area contributed by atoms with Gasteiger partial charge in [0.05, 0.1) is 11.7 Å². The Balaban J connectivity index is 2.19. The van der Waals surface area contributed by atoms with E-state index in [4.69, 9.17) is 4.74 Å². The van der Waals surface area contributed by atoms with Crippen molar-refractivity contribution in [2.45, 2.75) is 31.8 Å². The molecule has 80 valence electrons. The van der Waals surface area contributed by atoms with Gasteiger partial charge < -0.3 is 4.74 Å². The zero-order valence-corrected chi connectivity index (χ0v) is 10.00. The maximum Gasteiger partial charge on any atom is 0.154 e. The van der Waals surface area contributed by atoms with Crippen LogP contribution in [0.5, 0.6) is 5.75 Å². The SMILES string of the molecule is O=Cc1c(Br)cccc1OC1CCCC1. The van der Waals surface area contributed by atoms with E-state index in [9.17, 15) is 4.79 Å². The predicted molar refractivity (Wildman–Crippen MR) is 62.4 cm³/mol. The van der Waals surface area contributed by atoms with E-state index in [1.807, 2.05) is 18.2 Å². The summed E-state index contributed by atoms with van der Waals surface area (Å²) < 4.78 is 6.62. The lowest BCUT2D eigenvalue weighted by molar-refractivity contribution is 0.111. The fourth-order valence-electron chi connectivity index (χ4n) is 1.92. The van der Waals surface area contributed by atoms with E-state index in [1.165, 1.54) is 12.8 Å². The van der Waals surface area contributed by atoms with E-state index in [1.54, 1.807) is 0 Å². The molecule has 0 N–H and O–H groups in total. The van der Waals surface area contributed by atoms with E-state index in [-0.39, 0.29) is 6.10 Å². The largest absolute Gasteiger partial charge is 0.490 e. The number of rotatable bonds is 3. The molecule has 0 radical (unpaired) electrons. The summed E-state index contributed by atoms with van der Waals surface area (Å²) in [4.78, 5) is 10.9. The second-order valence-corrected chi connectivity index (χ2v) is 4.65. The second kappa shape index (κ2) is 4.79. The van der Waals surface area contributed by atoms with Crippen LogP contribution < -0.4 is 4.74 Å². The molecule has 3 heteroatoms. The van der Waals surface area contributed by atoms with Crippen LogP contribution in [0.15, 0.2) is 22.7 Å². The van der Waals surface area contributed by atoms with E-state index in [2.05, 4.69) is 15.9 Å². The summed E-state index contributed by atoms with van der Waals surface area (Å²) in [6.45, 7) is 0. The van der Waals surface area contributed by atoms with Crippen LogP contribution in [0, 0.1) is 0 Å². The number of benzene rings is 1. The molecule has 1 aromatic rings. The Morgan fingerprint density at radius 2 is 2.07 bits per heavy atom. The quantitative estimate of drug-likeness (QED) is 0.784. The Bertz CT molecular complexity index is 357. The number of aldehydes is 1. The minimum Gasteiger partial charge on any atom is -0.490 e. The third kappa shape index (κ3) is 2.40. The van der Waals surface area contributed by atoms with Crippen LogP contribution in [-0.2, 0) is 0 Å². The number of ether oxygens (including phenoxy) is 1. The minimum absolute atomic E-state index is 0.290. The molecule has 0 unspecified atom stereocenters. The Morgan fingerprint density at radius 3 is 2.73 bits per heavy atom. The number of carbonyl (C=O) groups is 1. The smallest absolute Gasteiger partial charge is 0.154 e. The molecule has 1 fully saturated rings. The molecule has 2 rings (SSSR count). The van der Waals surface area contributed by atoms with E-state index in [0.717, 1.165) is 23.6 Å². The van der Waals surface area contributed by atoms with Crippen molar-refractivity contribution in [2.75, 3.05) is 0 Å². The first-order valence-corrected chi connectivity index (χ1v) is 6.01. The Morgan fingerprint density at radius 1 is 1.33 bits per heavy atom. The van der Waals surface area contributed by atoms with Gasteiger partial charge in [-0.3, -0.25) is 4.79 Å². The molecule has 0 aliphatic heterocycles. The first-order chi connectivity index (χ1) is 7.31. The number of hydrogen-bond acceptors (Lipinski definition) is 2. The zero-order chi connectivity index (χ0) is 10.7. The van der Waals surface area contributed by atoms with Crippen molar-refractivity contribution in [3.05, 3.63) is 28.2 Å². The van der Waals surface area contributed by atoms with Crippen LogP contribution >= 0.6 is 15.9 Å². The highest BCUT2D eigenvalue weighted by molar-refractivity contribution is 9.10. The monoisotopic (exact) mass is 268 g/mol. The maximum absolute atomic E-state index is 10.9. The molecule has 0 spiro atoms. The first kappa shape index (κ1) is 10.7. The van der Waals surface area contributed by atoms with Gasteiger partial charge in [-0.1, -0.05) is 6.07 Å². The lowest BCUT2D eigenvalue weighted by Gasteiger charge is -2.14. The number of hydrogen-bond donors (Lipinski definition) is 0. The highest BCUT2D eigenvalue weighted by Crippen LogP contribution is 2.29. The Hall–Kier alpha value is -0.830. The van der Waals surface area contributed by atoms with Crippen molar-refractivity contribution in [1.82, 2.24) is 0 Å². The number of carbonyl (C=O) groups excluding carboxylic acids is 1. The lowest BCUT2D eigenvalue weighted by Crippen LogP contribution is -2.12. The van der Waals surface area contributed by atoms with Crippen molar-refractivity contribution in [3.8, 4) is 5.75 Å². The summed E-state index contributed by atoms with van der Waals surface area (Å²) in [5, 5.41) is 0. The molecule has 1 aromatic carbocycles. The van der Waals surface area contributed by atoms with Crippen molar-refractivity contribution in [2.24, 2.45) is 0 Å². The summed E-state index contributed by atoms with van der Waals surface area (Å²) >= 11 is 3.35. The fourth-order valence-corrected chi connectivity index (χ4v) is 2.36. The molecule has 0 amide bonds. The molecule has 0 heterocycles. The molecule has 1 aliphatic carbocycles. The summed E-state index contributed by atoms with van der Waals surface area (Å²) in [5.41, 5.74) is 0.615. The summed E-state index contributed by atoms with van der Waals surface area (Å²) in [6, 6.07) is 5.60. The average molecular weight is 269 g/mol. The van der Waals surface area contributed by atoms with Gasteiger partial charge in [0.2, 0.25) is 0 Å². The standard InChI is InChI=1S/C12H13BrO2/c13-11-6-3-7-12(10(11)8-14)15-9-4-1-2-5-9/h3,6-9H,1-2,4-5H2. The molecule has 0 aromatic heterocycles. The van der Waals surface area contributed by atoms with Gasteiger partial charge in [-0.15, -0.1) is 0 Å². The molecule has 0 bridgehead atoms. The molecule has 1 aliphatic rings. The van der Waals surface area contributed by atoms with Gasteiger partial charge in [0, 0.05) is 4.47 Å². The third-order valence-electron chi connectivity index (χ3n) is 2.73. The highest BCUT2D eigenvalue weighted by Gasteiger charge is 2.18. The topological polar surface area (TPSA) is 26.3 Å². The molecule has 0 atom stereocenters. The van der Waals surface area contributed by atoms with E-state index in [0.29, 0.717) is 11.3 Å². The molecule has 2 nitrogen and oxygen atoms in total. The molecular formula is C12H13BrO2. The molecular weight excluding hydrogens is 256 g/mol.